The number of morpholine rings is 1. The van der Waals surface area contributed by atoms with E-state index in [0.717, 1.165) is 113 Å². The first-order chi connectivity index (χ1) is 59.3. The highest BCUT2D eigenvalue weighted by Gasteiger charge is 2.44. The topological polar surface area (TPSA) is 327 Å². The first-order valence-corrected chi connectivity index (χ1v) is 41.1. The second-order valence-electron chi connectivity index (χ2n) is 32.0. The Morgan fingerprint density at radius 3 is 1.24 bits per heavy atom. The third kappa shape index (κ3) is 18.0. The van der Waals surface area contributed by atoms with Gasteiger partial charge >= 0.3 is 0 Å². The number of aryl methyl sites for hydroxylation is 3. The molecule has 10 aliphatic heterocycles. The SMILES string of the molecule is C=CC(=C)N1CC2CN(c3nc(-c4cnn(C)c4)c4c(c3F)CNC4=O)CC2C1.C=CC(=C)N1CCCC(Nc2nc(Nc3ccc(C(=O)N4CCOCC4)cc3)c3c(c2F)CNC3=O)C1.C=CC(=C)N1CCC[C@@H](Nc2nc(Nc3cnn(C)c3)c3c(c2F)CNC3=O)C1.C=CC(=C)N1CCC[C@H](Nc2nc(-c3cnn(C)c3)c3c(c2F)CNC3=O)C1. The third-order valence-electron chi connectivity index (χ3n) is 23.8. The molecule has 10 aliphatic rings. The summed E-state index contributed by atoms with van der Waals surface area (Å²) in [6.45, 7) is 42.0. The number of hydrogen-bond donors (Lipinski definition) is 9. The molecule has 0 spiro atoms. The Bertz CT molecular complexity index is 5540. The van der Waals surface area contributed by atoms with E-state index in [2.05, 4.69) is 155 Å². The van der Waals surface area contributed by atoms with E-state index in [9.17, 15) is 24.0 Å². The van der Waals surface area contributed by atoms with Gasteiger partial charge in [-0.3, -0.25) is 38.0 Å². The molecule has 0 radical (unpaired) electrons. The molecule has 31 nitrogen and oxygen atoms in total. The van der Waals surface area contributed by atoms with E-state index in [1.807, 2.05) is 4.90 Å². The predicted octanol–water partition coefficient (Wildman–Crippen LogP) is 10.1. The second kappa shape index (κ2) is 36.4. The number of fused-ring (bicyclic) bond motifs is 5. The molecule has 35 heteroatoms. The Labute approximate surface area is 709 Å². The molecule has 3 unspecified atom stereocenters. The summed E-state index contributed by atoms with van der Waals surface area (Å²) < 4.78 is 71.3. The van der Waals surface area contributed by atoms with Crippen molar-refractivity contribution in [1.82, 2.24) is 95.0 Å². The van der Waals surface area contributed by atoms with Crippen molar-refractivity contribution >= 4 is 75.8 Å². The lowest BCUT2D eigenvalue weighted by Crippen LogP contribution is -2.41. The Hall–Kier alpha value is -13.6. The number of halogens is 4. The fourth-order valence-corrected chi connectivity index (χ4v) is 17.3. The van der Waals surface area contributed by atoms with Crippen LogP contribution < -0.4 is 52.8 Å². The Kier molecular flexibility index (Phi) is 25.0. The number of nitrogens with one attached hydrogen (secondary N) is 9. The number of hydrogen-bond acceptors (Lipinski definition) is 23. The number of carbonyl (C=O) groups excluding carboxylic acids is 5. The molecule has 0 bridgehead atoms. The molecule has 6 fully saturated rings. The summed E-state index contributed by atoms with van der Waals surface area (Å²) >= 11 is 0. The van der Waals surface area contributed by atoms with E-state index in [1.54, 1.807) is 126 Å². The van der Waals surface area contributed by atoms with Gasteiger partial charge in [-0.25, -0.2) is 37.5 Å². The zero-order chi connectivity index (χ0) is 86.6. The fraction of sp³-hybridized carbons (Fsp3) is 0.364. The Morgan fingerprint density at radius 2 is 0.821 bits per heavy atom. The zero-order valence-electron chi connectivity index (χ0n) is 69.2. The van der Waals surface area contributed by atoms with E-state index in [0.29, 0.717) is 131 Å². The maximum atomic E-state index is 15.4. The molecule has 0 saturated carbocycles. The van der Waals surface area contributed by atoms with Crippen LogP contribution in [0.1, 0.15) is 113 Å². The molecule has 17 heterocycles. The van der Waals surface area contributed by atoms with E-state index < -0.39 is 23.3 Å². The van der Waals surface area contributed by atoms with Gasteiger partial charge in [0.25, 0.3) is 29.5 Å². The lowest BCUT2D eigenvalue weighted by atomic mass is 10.0. The van der Waals surface area contributed by atoms with Crippen LogP contribution in [0.4, 0.5) is 63.8 Å². The van der Waals surface area contributed by atoms with E-state index in [1.165, 1.54) is 0 Å². The van der Waals surface area contributed by atoms with E-state index in [4.69, 9.17) is 4.74 Å². The van der Waals surface area contributed by atoms with Gasteiger partial charge in [0.15, 0.2) is 46.5 Å². The summed E-state index contributed by atoms with van der Waals surface area (Å²) in [5.41, 5.74) is 10.1. The highest BCUT2D eigenvalue weighted by molar-refractivity contribution is 6.06. The standard InChI is InChI=1S/C27H31FN6O3.C21H23FN6O.C20H24FN7O.C20H23FN6O/c1-3-17(2)34-10-4-5-20(16-34)31-25-23(28)21-15-29-26(35)22(21)24(32-25)30-19-8-6-18(7-9-19)27(36)33-11-13-37-14-12-33;1-4-12(2)27-8-14-10-28(11-15(14)9-27)20-18(22)16-6-23-21(29)17(16)19(25-20)13-5-24-26(3)7-13;1-4-12(2)28-7-5-6-13(11-28)24-19-17(21)15-9-22-20(29)16(15)18(26-19)25-14-8-23-27(3)10-14;1-4-12(2)27-7-5-6-14(11-27)24-19-17(21)15-9-22-20(28)16(15)18(25-19)13-8-23-26(3)10-13/h3,6-9,20H,1-2,4-5,10-16H2,(H,29,35)(H2,30,31,32);4-5,7,14-15H,1-2,6,8-11H2,3H3,(H,23,29);4,8,10,13H,1-2,5-7,9,11H2,3H3,(H,22,29)(H2,24,25,26);4,8,10,14H,1-2,5-7,9,11H2,3H3,(H,22,28)(H,24,25)/t;;13-;14-/m..10/s1. The lowest BCUT2D eigenvalue weighted by Gasteiger charge is -2.35. The summed E-state index contributed by atoms with van der Waals surface area (Å²) in [6.07, 6.45) is 22.7. The zero-order valence-corrected chi connectivity index (χ0v) is 69.2. The molecule has 7 aromatic heterocycles. The summed E-state index contributed by atoms with van der Waals surface area (Å²) in [7, 11) is 5.38. The Morgan fingerprint density at radius 1 is 0.439 bits per heavy atom. The van der Waals surface area contributed by atoms with Crippen molar-refractivity contribution in [1.29, 1.82) is 0 Å². The first-order valence-electron chi connectivity index (χ1n) is 41.1. The molecular weight excluding hydrogens is 1580 g/mol. The number of pyridine rings is 4. The molecule has 0 aliphatic carbocycles. The van der Waals surface area contributed by atoms with Gasteiger partial charge < -0.3 is 82.0 Å². The van der Waals surface area contributed by atoms with Gasteiger partial charge in [0.2, 0.25) is 0 Å². The predicted molar refractivity (Wildman–Crippen MR) is 462 cm³/mol. The smallest absolute Gasteiger partial charge is 0.255 e. The third-order valence-corrected chi connectivity index (χ3v) is 23.8. The summed E-state index contributed by atoms with van der Waals surface area (Å²) in [5, 5.41) is 39.2. The van der Waals surface area contributed by atoms with Crippen LogP contribution in [0.3, 0.4) is 0 Å². The lowest BCUT2D eigenvalue weighted by molar-refractivity contribution is 0.0303. The van der Waals surface area contributed by atoms with Crippen molar-refractivity contribution in [2.24, 2.45) is 33.0 Å². The second-order valence-corrected chi connectivity index (χ2v) is 32.0. The molecule has 123 heavy (non-hydrogen) atoms. The van der Waals surface area contributed by atoms with Crippen LogP contribution in [0.15, 0.2) is 161 Å². The van der Waals surface area contributed by atoms with Gasteiger partial charge in [-0.15, -0.1) is 0 Å². The number of aromatic nitrogens is 10. The van der Waals surface area contributed by atoms with Gasteiger partial charge in [0.1, 0.15) is 11.6 Å². The fourth-order valence-electron chi connectivity index (χ4n) is 17.3. The molecule has 5 atom stereocenters. The average molecular weight is 1680 g/mol. The van der Waals surface area contributed by atoms with Crippen molar-refractivity contribution in [3.05, 3.63) is 235 Å². The van der Waals surface area contributed by atoms with E-state index in [-0.39, 0.29) is 114 Å². The van der Waals surface area contributed by atoms with E-state index >= 15 is 17.6 Å². The molecule has 642 valence electrons. The van der Waals surface area contributed by atoms with Crippen molar-refractivity contribution in [3.63, 3.8) is 0 Å². The number of piperidine rings is 3. The van der Waals surface area contributed by atoms with Gasteiger partial charge in [0.05, 0.1) is 71.1 Å². The largest absolute Gasteiger partial charge is 0.378 e. The van der Waals surface area contributed by atoms with Crippen LogP contribution in [-0.4, -0.2) is 213 Å². The van der Waals surface area contributed by atoms with Gasteiger partial charge in [-0.05, 0) is 87.1 Å². The number of allylic oxidation sites excluding steroid dienone is 4. The number of rotatable bonds is 22. The van der Waals surface area contributed by atoms with Gasteiger partial charge in [-0.1, -0.05) is 52.6 Å². The summed E-state index contributed by atoms with van der Waals surface area (Å²) in [5.74, 6) is -1.03. The van der Waals surface area contributed by atoms with Gasteiger partial charge in [0, 0.05) is 242 Å². The van der Waals surface area contributed by atoms with Crippen molar-refractivity contribution in [2.75, 3.05) is 123 Å². The summed E-state index contributed by atoms with van der Waals surface area (Å²) in [6, 6.07) is 6.97. The molecule has 18 rings (SSSR count). The number of ether oxygens (including phenoxy) is 1. The highest BCUT2D eigenvalue weighted by atomic mass is 19.1. The molecule has 8 aromatic rings. The highest BCUT2D eigenvalue weighted by Crippen LogP contribution is 2.42. The summed E-state index contributed by atoms with van der Waals surface area (Å²) in [4.78, 5) is 92.7. The number of anilines is 8. The number of benzene rings is 1. The number of amides is 5. The van der Waals surface area contributed by atoms with Gasteiger partial charge in [-0.2, -0.15) is 15.3 Å². The number of nitrogens with zero attached hydrogens (tertiary/aromatic N) is 16. The van der Waals surface area contributed by atoms with Crippen molar-refractivity contribution < 1.29 is 46.3 Å². The monoisotopic (exact) mass is 1680 g/mol. The quantitative estimate of drug-likeness (QED) is 0.0225. The first kappa shape index (κ1) is 84.4. The van der Waals surface area contributed by atoms with Crippen LogP contribution in [-0.2, 0) is 52.1 Å². The van der Waals surface area contributed by atoms with Crippen molar-refractivity contribution in [3.8, 4) is 22.5 Å². The van der Waals surface area contributed by atoms with Crippen LogP contribution in [0.5, 0.6) is 0 Å². The number of likely N-dealkylation sites (tertiary alicyclic amines) is 4. The van der Waals surface area contributed by atoms with Crippen LogP contribution in [0, 0.1) is 35.1 Å². The molecule has 5 amide bonds. The normalized spacial score (nSPS) is 19.6. The minimum atomic E-state index is -0.523. The van der Waals surface area contributed by atoms with Crippen LogP contribution in [0.2, 0.25) is 0 Å². The minimum Gasteiger partial charge on any atom is -0.378 e. The van der Waals surface area contributed by atoms with Crippen molar-refractivity contribution in [2.45, 2.75) is 82.8 Å². The molecule has 1 aromatic carbocycles. The maximum Gasteiger partial charge on any atom is 0.255 e. The van der Waals surface area contributed by atoms with Crippen LogP contribution >= 0.6 is 0 Å². The maximum absolute atomic E-state index is 15.4. The average Bonchev–Trinajstić information content (AvgIpc) is 1.64. The minimum absolute atomic E-state index is 0.0109. The van der Waals surface area contributed by atoms with Crippen LogP contribution in [0.25, 0.3) is 22.5 Å². The molecule has 9 N–H and O–H groups in total. The Balaban J connectivity index is 0.000000128. The number of carbonyl (C=O) groups is 5. The molecular formula is C88H101F4N25O6. The molecule has 6 saturated heterocycles.